The van der Waals surface area contributed by atoms with Gasteiger partial charge >= 0.3 is 0 Å². The number of nitrogens with zero attached hydrogens (tertiary/aromatic N) is 1. The molecule has 0 bridgehead atoms. The summed E-state index contributed by atoms with van der Waals surface area (Å²) < 4.78 is 0. The Balaban J connectivity index is 1.84. The molecule has 0 atom stereocenters. The van der Waals surface area contributed by atoms with Crippen molar-refractivity contribution in [1.82, 2.24) is 5.32 Å². The first-order valence-electron chi connectivity index (χ1n) is 6.92. The minimum absolute atomic E-state index is 0.635. The lowest BCUT2D eigenvalue weighted by Gasteiger charge is -2.14. The van der Waals surface area contributed by atoms with Crippen molar-refractivity contribution in [2.75, 3.05) is 24.3 Å². The van der Waals surface area contributed by atoms with E-state index in [9.17, 15) is 0 Å². The first-order valence-corrected chi connectivity index (χ1v) is 7.33. The number of benzene rings is 2. The first-order chi connectivity index (χ1) is 10.0. The molecule has 0 heterocycles. The molecule has 0 aromatic heterocycles. The molecular formula is C17H21N3S. The van der Waals surface area contributed by atoms with E-state index < -0.39 is 0 Å². The van der Waals surface area contributed by atoms with Crippen molar-refractivity contribution >= 4 is 28.7 Å². The minimum atomic E-state index is 0.635. The molecule has 3 nitrogen and oxygen atoms in total. The summed E-state index contributed by atoms with van der Waals surface area (Å²) in [6.07, 6.45) is 0. The topological polar surface area (TPSA) is 27.3 Å². The number of rotatable bonds is 4. The van der Waals surface area contributed by atoms with Crippen molar-refractivity contribution in [2.24, 2.45) is 0 Å². The second-order valence-corrected chi connectivity index (χ2v) is 5.64. The van der Waals surface area contributed by atoms with Crippen molar-refractivity contribution in [3.05, 3.63) is 59.7 Å². The fourth-order valence-corrected chi connectivity index (χ4v) is 2.10. The normalized spacial score (nSPS) is 10.0. The quantitative estimate of drug-likeness (QED) is 0.844. The molecular weight excluding hydrogens is 278 g/mol. The van der Waals surface area contributed by atoms with E-state index in [0.717, 1.165) is 5.69 Å². The zero-order valence-corrected chi connectivity index (χ0v) is 13.5. The Bertz CT molecular complexity index is 588. The monoisotopic (exact) mass is 299 g/mol. The second-order valence-electron chi connectivity index (χ2n) is 5.23. The third kappa shape index (κ3) is 4.76. The summed E-state index contributed by atoms with van der Waals surface area (Å²) in [6.45, 7) is 2.78. The molecule has 0 unspecified atom stereocenters. The summed E-state index contributed by atoms with van der Waals surface area (Å²) in [5.41, 5.74) is 4.63. The SMILES string of the molecule is Cc1ccc(NC(=S)NCc2ccc(N(C)C)cc2)cc1. The summed E-state index contributed by atoms with van der Waals surface area (Å²) in [7, 11) is 4.07. The van der Waals surface area contributed by atoms with Gasteiger partial charge in [0.05, 0.1) is 0 Å². The highest BCUT2D eigenvalue weighted by atomic mass is 32.1. The van der Waals surface area contributed by atoms with Crippen LogP contribution in [-0.2, 0) is 6.54 Å². The number of hydrogen-bond donors (Lipinski definition) is 2. The Morgan fingerprint density at radius 3 is 2.19 bits per heavy atom. The fraction of sp³-hybridized carbons (Fsp3) is 0.235. The van der Waals surface area contributed by atoms with E-state index >= 15 is 0 Å². The van der Waals surface area contributed by atoms with E-state index in [1.54, 1.807) is 0 Å². The van der Waals surface area contributed by atoms with Gasteiger partial charge in [0.15, 0.2) is 5.11 Å². The molecule has 0 radical (unpaired) electrons. The van der Waals surface area contributed by atoms with Crippen molar-refractivity contribution in [3.63, 3.8) is 0 Å². The molecule has 110 valence electrons. The van der Waals surface area contributed by atoms with Crippen molar-refractivity contribution in [1.29, 1.82) is 0 Å². The average molecular weight is 299 g/mol. The van der Waals surface area contributed by atoms with Crippen LogP contribution in [-0.4, -0.2) is 19.2 Å². The van der Waals surface area contributed by atoms with Gasteiger partial charge in [-0.05, 0) is 49.0 Å². The van der Waals surface area contributed by atoms with Gasteiger partial charge in [-0.1, -0.05) is 29.8 Å². The first kappa shape index (κ1) is 15.3. The molecule has 0 aliphatic heterocycles. The van der Waals surface area contributed by atoms with Crippen molar-refractivity contribution in [3.8, 4) is 0 Å². The van der Waals surface area contributed by atoms with Crippen LogP contribution >= 0.6 is 12.2 Å². The van der Waals surface area contributed by atoms with Crippen LogP contribution in [0, 0.1) is 6.92 Å². The van der Waals surface area contributed by atoms with Crippen LogP contribution in [0.1, 0.15) is 11.1 Å². The van der Waals surface area contributed by atoms with Gasteiger partial charge in [-0.25, -0.2) is 0 Å². The molecule has 0 fully saturated rings. The summed E-state index contributed by atoms with van der Waals surface area (Å²) in [5, 5.41) is 7.03. The zero-order chi connectivity index (χ0) is 15.2. The zero-order valence-electron chi connectivity index (χ0n) is 12.7. The summed E-state index contributed by atoms with van der Waals surface area (Å²) in [5.74, 6) is 0. The Labute approximate surface area is 132 Å². The van der Waals surface area contributed by atoms with Crippen LogP contribution in [0.4, 0.5) is 11.4 Å². The lowest BCUT2D eigenvalue weighted by Crippen LogP contribution is -2.27. The molecule has 2 rings (SSSR count). The highest BCUT2D eigenvalue weighted by molar-refractivity contribution is 7.80. The maximum Gasteiger partial charge on any atom is 0.171 e. The number of anilines is 2. The second kappa shape index (κ2) is 7.09. The molecule has 0 spiro atoms. The number of thiocarbonyl (C=S) groups is 1. The molecule has 4 heteroatoms. The Hall–Kier alpha value is -2.07. The molecule has 2 aromatic carbocycles. The minimum Gasteiger partial charge on any atom is -0.378 e. The van der Waals surface area contributed by atoms with Gasteiger partial charge in [0, 0.05) is 32.0 Å². The summed E-state index contributed by atoms with van der Waals surface area (Å²) >= 11 is 5.30. The van der Waals surface area contributed by atoms with Crippen LogP contribution in [0.15, 0.2) is 48.5 Å². The summed E-state index contributed by atoms with van der Waals surface area (Å²) in [4.78, 5) is 2.08. The largest absolute Gasteiger partial charge is 0.378 e. The van der Waals surface area contributed by atoms with E-state index in [1.165, 1.54) is 16.8 Å². The van der Waals surface area contributed by atoms with Crippen LogP contribution in [0.5, 0.6) is 0 Å². The molecule has 2 N–H and O–H groups in total. The molecule has 0 saturated carbocycles. The lowest BCUT2D eigenvalue weighted by molar-refractivity contribution is 0.925. The van der Waals surface area contributed by atoms with E-state index in [4.69, 9.17) is 12.2 Å². The summed E-state index contributed by atoms with van der Waals surface area (Å²) in [6, 6.07) is 16.6. The maximum atomic E-state index is 5.30. The van der Waals surface area contributed by atoms with Gasteiger partial charge in [-0.15, -0.1) is 0 Å². The van der Waals surface area contributed by atoms with Crippen LogP contribution in [0.25, 0.3) is 0 Å². The van der Waals surface area contributed by atoms with Gasteiger partial charge in [0.1, 0.15) is 0 Å². The Morgan fingerprint density at radius 2 is 1.62 bits per heavy atom. The van der Waals surface area contributed by atoms with Crippen molar-refractivity contribution < 1.29 is 0 Å². The highest BCUT2D eigenvalue weighted by Gasteiger charge is 1.99. The number of hydrogen-bond acceptors (Lipinski definition) is 2. The van der Waals surface area contributed by atoms with Crippen molar-refractivity contribution in [2.45, 2.75) is 13.5 Å². The van der Waals surface area contributed by atoms with E-state index in [2.05, 4.69) is 58.9 Å². The smallest absolute Gasteiger partial charge is 0.171 e. The predicted molar refractivity (Wildman–Crippen MR) is 95.0 cm³/mol. The fourth-order valence-electron chi connectivity index (χ4n) is 1.91. The van der Waals surface area contributed by atoms with E-state index in [-0.39, 0.29) is 0 Å². The van der Waals surface area contributed by atoms with Crippen LogP contribution in [0.2, 0.25) is 0 Å². The van der Waals surface area contributed by atoms with E-state index in [1.807, 2.05) is 26.2 Å². The molecule has 2 aromatic rings. The third-order valence-electron chi connectivity index (χ3n) is 3.22. The third-order valence-corrected chi connectivity index (χ3v) is 3.46. The van der Waals surface area contributed by atoms with Gasteiger partial charge < -0.3 is 15.5 Å². The molecule has 0 aliphatic rings. The molecule has 0 saturated heterocycles. The number of nitrogens with one attached hydrogen (secondary N) is 2. The van der Waals surface area contributed by atoms with Crippen LogP contribution < -0.4 is 15.5 Å². The van der Waals surface area contributed by atoms with E-state index in [0.29, 0.717) is 11.7 Å². The Morgan fingerprint density at radius 1 is 1.00 bits per heavy atom. The molecule has 0 aliphatic carbocycles. The number of aryl methyl sites for hydroxylation is 1. The van der Waals surface area contributed by atoms with Gasteiger partial charge in [0.2, 0.25) is 0 Å². The van der Waals surface area contributed by atoms with Crippen LogP contribution in [0.3, 0.4) is 0 Å². The van der Waals surface area contributed by atoms with Gasteiger partial charge in [0.25, 0.3) is 0 Å². The standard InChI is InChI=1S/C17H21N3S/c1-13-4-8-15(9-5-13)19-17(21)18-12-14-6-10-16(11-7-14)20(2)3/h4-11H,12H2,1-3H3,(H2,18,19,21). The highest BCUT2D eigenvalue weighted by Crippen LogP contribution is 2.12. The van der Waals surface area contributed by atoms with Gasteiger partial charge in [-0.2, -0.15) is 0 Å². The predicted octanol–water partition coefficient (Wildman–Crippen LogP) is 3.55. The molecule has 21 heavy (non-hydrogen) atoms. The van der Waals surface area contributed by atoms with Gasteiger partial charge in [-0.3, -0.25) is 0 Å². The molecule has 0 amide bonds. The Kier molecular flexibility index (Phi) is 5.17. The average Bonchev–Trinajstić information content (AvgIpc) is 2.48. The maximum absolute atomic E-state index is 5.30. The lowest BCUT2D eigenvalue weighted by atomic mass is 10.2.